The van der Waals surface area contributed by atoms with Gasteiger partial charge in [-0.15, -0.1) is 0 Å². The summed E-state index contributed by atoms with van der Waals surface area (Å²) in [6.45, 7) is 6.33. The molecule has 1 aliphatic heterocycles. The standard InChI is InChI=1S/C26H23FN2O3/c1-4-32-21-13-11-18(12-14-21)23-24(28-22-10-5-7-16(2)17(22)3)26(31)29(25(23)30)20-9-6-8-19(27)15-20/h5-15,28H,4H2,1-3H3. The van der Waals surface area contributed by atoms with Crippen LogP contribution >= 0.6 is 0 Å². The summed E-state index contributed by atoms with van der Waals surface area (Å²) in [7, 11) is 0. The number of imide groups is 1. The lowest BCUT2D eigenvalue weighted by Crippen LogP contribution is -2.32. The molecule has 0 saturated carbocycles. The van der Waals surface area contributed by atoms with Gasteiger partial charge in [0.15, 0.2) is 0 Å². The van der Waals surface area contributed by atoms with Crippen molar-refractivity contribution in [2.75, 3.05) is 16.8 Å². The molecule has 0 radical (unpaired) electrons. The van der Waals surface area contributed by atoms with Crippen molar-refractivity contribution in [1.82, 2.24) is 0 Å². The fraction of sp³-hybridized carbons (Fsp3) is 0.154. The number of amides is 2. The van der Waals surface area contributed by atoms with Crippen LogP contribution in [0.3, 0.4) is 0 Å². The molecule has 32 heavy (non-hydrogen) atoms. The molecule has 6 heteroatoms. The maximum absolute atomic E-state index is 13.9. The van der Waals surface area contributed by atoms with Gasteiger partial charge < -0.3 is 10.1 Å². The van der Waals surface area contributed by atoms with Crippen LogP contribution < -0.4 is 15.0 Å². The van der Waals surface area contributed by atoms with Crippen LogP contribution in [0.2, 0.25) is 0 Å². The van der Waals surface area contributed by atoms with Gasteiger partial charge in [-0.05, 0) is 73.9 Å². The molecule has 1 N–H and O–H groups in total. The Morgan fingerprint density at radius 2 is 1.66 bits per heavy atom. The van der Waals surface area contributed by atoms with Crippen molar-refractivity contribution in [2.24, 2.45) is 0 Å². The Bertz CT molecular complexity index is 1230. The molecule has 0 bridgehead atoms. The summed E-state index contributed by atoms with van der Waals surface area (Å²) in [6, 6.07) is 18.2. The van der Waals surface area contributed by atoms with Crippen molar-refractivity contribution in [3.8, 4) is 5.75 Å². The van der Waals surface area contributed by atoms with Crippen LogP contribution in [0.25, 0.3) is 5.57 Å². The maximum atomic E-state index is 13.9. The third-order valence-electron chi connectivity index (χ3n) is 5.47. The van der Waals surface area contributed by atoms with Crippen LogP contribution in [0.4, 0.5) is 15.8 Å². The van der Waals surface area contributed by atoms with Gasteiger partial charge in [0.1, 0.15) is 17.3 Å². The highest BCUT2D eigenvalue weighted by Crippen LogP contribution is 2.35. The lowest BCUT2D eigenvalue weighted by molar-refractivity contribution is -0.120. The molecule has 0 spiro atoms. The Labute approximate surface area is 186 Å². The lowest BCUT2D eigenvalue weighted by Gasteiger charge is -2.16. The number of carbonyl (C=O) groups is 2. The van der Waals surface area contributed by atoms with Crippen molar-refractivity contribution in [2.45, 2.75) is 20.8 Å². The molecule has 3 aromatic carbocycles. The predicted octanol–water partition coefficient (Wildman–Crippen LogP) is 5.24. The number of nitrogens with one attached hydrogen (secondary N) is 1. The number of halogens is 1. The second-order valence-electron chi connectivity index (χ2n) is 7.51. The average molecular weight is 430 g/mol. The molecule has 3 aromatic rings. The number of hydrogen-bond acceptors (Lipinski definition) is 4. The van der Waals surface area contributed by atoms with E-state index in [9.17, 15) is 14.0 Å². The molecule has 162 valence electrons. The van der Waals surface area contributed by atoms with Gasteiger partial charge in [0, 0.05) is 5.69 Å². The molecule has 0 aromatic heterocycles. The number of hydrogen-bond donors (Lipinski definition) is 1. The highest BCUT2D eigenvalue weighted by atomic mass is 19.1. The molecule has 0 fully saturated rings. The molecule has 0 unspecified atom stereocenters. The van der Waals surface area contributed by atoms with E-state index >= 15 is 0 Å². The van der Waals surface area contributed by atoms with Crippen LogP contribution in [0, 0.1) is 19.7 Å². The van der Waals surface area contributed by atoms with Gasteiger partial charge in [0.25, 0.3) is 11.8 Å². The SMILES string of the molecule is CCOc1ccc(C2=C(Nc3cccc(C)c3C)C(=O)N(c3cccc(F)c3)C2=O)cc1. The Balaban J connectivity index is 1.82. The van der Waals surface area contributed by atoms with E-state index in [1.807, 2.05) is 39.0 Å². The average Bonchev–Trinajstić information content (AvgIpc) is 3.01. The summed E-state index contributed by atoms with van der Waals surface area (Å²) in [5, 5.41) is 3.18. The first-order valence-electron chi connectivity index (χ1n) is 10.4. The van der Waals surface area contributed by atoms with Crippen molar-refractivity contribution in [3.63, 3.8) is 0 Å². The molecule has 1 aliphatic rings. The second-order valence-corrected chi connectivity index (χ2v) is 7.51. The topological polar surface area (TPSA) is 58.6 Å². The third-order valence-corrected chi connectivity index (χ3v) is 5.47. The quantitative estimate of drug-likeness (QED) is 0.544. The van der Waals surface area contributed by atoms with Crippen LogP contribution in [0.15, 0.2) is 72.4 Å². The van der Waals surface area contributed by atoms with E-state index in [1.54, 1.807) is 24.3 Å². The zero-order valence-corrected chi connectivity index (χ0v) is 18.1. The largest absolute Gasteiger partial charge is 0.494 e. The molecule has 5 nitrogen and oxygen atoms in total. The number of rotatable bonds is 6. The van der Waals surface area contributed by atoms with Gasteiger partial charge >= 0.3 is 0 Å². The van der Waals surface area contributed by atoms with Crippen molar-refractivity contribution >= 4 is 28.8 Å². The van der Waals surface area contributed by atoms with E-state index in [0.29, 0.717) is 17.9 Å². The number of nitrogens with zero attached hydrogens (tertiary/aromatic N) is 1. The van der Waals surface area contributed by atoms with Crippen LogP contribution in [0.5, 0.6) is 5.75 Å². The Kier molecular flexibility index (Phi) is 5.77. The van der Waals surface area contributed by atoms with Crippen LogP contribution in [-0.4, -0.2) is 18.4 Å². The molecule has 4 rings (SSSR count). The van der Waals surface area contributed by atoms with E-state index in [2.05, 4.69) is 5.32 Å². The van der Waals surface area contributed by atoms with Crippen molar-refractivity contribution < 1.29 is 18.7 Å². The predicted molar refractivity (Wildman–Crippen MR) is 123 cm³/mol. The monoisotopic (exact) mass is 430 g/mol. The third kappa shape index (κ3) is 3.87. The fourth-order valence-corrected chi connectivity index (χ4v) is 3.67. The summed E-state index contributed by atoms with van der Waals surface area (Å²) < 4.78 is 19.4. The van der Waals surface area contributed by atoms with Crippen molar-refractivity contribution in [3.05, 3.63) is 94.9 Å². The maximum Gasteiger partial charge on any atom is 0.282 e. The van der Waals surface area contributed by atoms with Crippen LogP contribution in [-0.2, 0) is 9.59 Å². The van der Waals surface area contributed by atoms with Crippen molar-refractivity contribution in [1.29, 1.82) is 0 Å². The van der Waals surface area contributed by atoms with E-state index in [1.165, 1.54) is 24.3 Å². The number of benzene rings is 3. The Morgan fingerprint density at radius 3 is 2.34 bits per heavy atom. The Morgan fingerprint density at radius 1 is 0.938 bits per heavy atom. The van der Waals surface area contributed by atoms with Crippen LogP contribution in [0.1, 0.15) is 23.6 Å². The minimum Gasteiger partial charge on any atom is -0.494 e. The van der Waals surface area contributed by atoms with Gasteiger partial charge in [-0.25, -0.2) is 9.29 Å². The summed E-state index contributed by atoms with van der Waals surface area (Å²) in [5.74, 6) is -0.913. The lowest BCUT2D eigenvalue weighted by atomic mass is 10.0. The number of aryl methyl sites for hydroxylation is 1. The molecule has 2 amide bonds. The molecular weight excluding hydrogens is 407 g/mol. The highest BCUT2D eigenvalue weighted by Gasteiger charge is 2.40. The zero-order chi connectivity index (χ0) is 22.8. The highest BCUT2D eigenvalue weighted by molar-refractivity contribution is 6.46. The smallest absolute Gasteiger partial charge is 0.282 e. The fourth-order valence-electron chi connectivity index (χ4n) is 3.67. The van der Waals surface area contributed by atoms with Gasteiger partial charge in [-0.2, -0.15) is 0 Å². The molecular formula is C26H23FN2O3. The first-order valence-corrected chi connectivity index (χ1v) is 10.4. The van der Waals surface area contributed by atoms with E-state index < -0.39 is 17.6 Å². The van der Waals surface area contributed by atoms with E-state index in [4.69, 9.17) is 4.74 Å². The summed E-state index contributed by atoms with van der Waals surface area (Å²) in [4.78, 5) is 27.9. The van der Waals surface area contributed by atoms with Gasteiger partial charge in [0.2, 0.25) is 0 Å². The van der Waals surface area contributed by atoms with E-state index in [-0.39, 0.29) is 17.0 Å². The van der Waals surface area contributed by atoms with Gasteiger partial charge in [0.05, 0.1) is 17.9 Å². The normalized spacial score (nSPS) is 13.7. The second kappa shape index (κ2) is 8.67. The summed E-state index contributed by atoms with van der Waals surface area (Å²) >= 11 is 0. The number of anilines is 2. The van der Waals surface area contributed by atoms with Gasteiger partial charge in [-0.3, -0.25) is 9.59 Å². The van der Waals surface area contributed by atoms with Gasteiger partial charge in [-0.1, -0.05) is 30.3 Å². The zero-order valence-electron chi connectivity index (χ0n) is 18.1. The first kappa shape index (κ1) is 21.3. The first-order chi connectivity index (χ1) is 15.4. The molecule has 1 heterocycles. The summed E-state index contributed by atoms with van der Waals surface area (Å²) in [5.41, 5.74) is 3.87. The molecule has 0 saturated heterocycles. The minimum absolute atomic E-state index is 0.150. The number of carbonyl (C=O) groups excluding carboxylic acids is 2. The molecule has 0 aliphatic carbocycles. The summed E-state index contributed by atoms with van der Waals surface area (Å²) in [6.07, 6.45) is 0. The van der Waals surface area contributed by atoms with E-state index in [0.717, 1.165) is 21.7 Å². The number of ether oxygens (including phenoxy) is 1. The Hall–Kier alpha value is -3.93. The molecule has 0 atom stereocenters. The minimum atomic E-state index is -0.537.